The molecular formula is C14H20INO3. The second-order valence-electron chi connectivity index (χ2n) is 4.11. The summed E-state index contributed by atoms with van der Waals surface area (Å²) in [6.45, 7) is 0.703. The predicted molar refractivity (Wildman–Crippen MR) is 84.6 cm³/mol. The van der Waals surface area contributed by atoms with Crippen LogP contribution < -0.4 is 14.8 Å². The van der Waals surface area contributed by atoms with Gasteiger partial charge in [0, 0.05) is 18.2 Å². The van der Waals surface area contributed by atoms with Gasteiger partial charge in [-0.1, -0.05) is 29.0 Å². The molecule has 0 heterocycles. The van der Waals surface area contributed by atoms with Crippen LogP contribution in [0.1, 0.15) is 29.6 Å². The van der Waals surface area contributed by atoms with Crippen molar-refractivity contribution in [1.82, 2.24) is 5.32 Å². The van der Waals surface area contributed by atoms with Crippen LogP contribution in [0.25, 0.3) is 0 Å². The molecule has 1 N–H and O–H groups in total. The van der Waals surface area contributed by atoms with Crippen LogP contribution in [0.15, 0.2) is 18.2 Å². The molecule has 0 unspecified atom stereocenters. The van der Waals surface area contributed by atoms with E-state index in [2.05, 4.69) is 27.9 Å². The molecule has 1 aromatic carbocycles. The molecule has 0 aromatic heterocycles. The molecule has 19 heavy (non-hydrogen) atoms. The predicted octanol–water partition coefficient (Wildman–Crippen LogP) is 3.04. The van der Waals surface area contributed by atoms with Gasteiger partial charge in [0.1, 0.15) is 11.5 Å². The Hall–Kier alpha value is -0.980. The van der Waals surface area contributed by atoms with E-state index in [-0.39, 0.29) is 5.91 Å². The van der Waals surface area contributed by atoms with Gasteiger partial charge in [-0.3, -0.25) is 4.79 Å². The van der Waals surface area contributed by atoms with E-state index in [1.54, 1.807) is 32.4 Å². The van der Waals surface area contributed by atoms with Gasteiger partial charge >= 0.3 is 0 Å². The number of methoxy groups -OCH3 is 2. The molecule has 0 aliphatic carbocycles. The van der Waals surface area contributed by atoms with Gasteiger partial charge < -0.3 is 14.8 Å². The molecule has 0 bridgehead atoms. The molecule has 0 fully saturated rings. The van der Waals surface area contributed by atoms with Crippen LogP contribution in [0.4, 0.5) is 0 Å². The third-order valence-electron chi connectivity index (χ3n) is 2.71. The normalized spacial score (nSPS) is 10.1. The molecule has 0 saturated carbocycles. The van der Waals surface area contributed by atoms with E-state index < -0.39 is 0 Å². The summed E-state index contributed by atoms with van der Waals surface area (Å²) in [6.07, 6.45) is 3.35. The Morgan fingerprint density at radius 1 is 1.11 bits per heavy atom. The van der Waals surface area contributed by atoms with Crippen LogP contribution in [-0.2, 0) is 0 Å². The maximum atomic E-state index is 12.0. The van der Waals surface area contributed by atoms with Crippen LogP contribution >= 0.6 is 22.6 Å². The van der Waals surface area contributed by atoms with Crippen molar-refractivity contribution in [3.63, 3.8) is 0 Å². The van der Waals surface area contributed by atoms with Crippen molar-refractivity contribution >= 4 is 28.5 Å². The summed E-state index contributed by atoms with van der Waals surface area (Å²) in [5.41, 5.74) is 0.560. The lowest BCUT2D eigenvalue weighted by Crippen LogP contribution is -2.24. The number of alkyl halides is 1. The number of nitrogens with one attached hydrogen (secondary N) is 1. The highest BCUT2D eigenvalue weighted by atomic mass is 127. The number of unbranched alkanes of at least 4 members (excludes halogenated alkanes) is 2. The lowest BCUT2D eigenvalue weighted by molar-refractivity contribution is 0.0952. The van der Waals surface area contributed by atoms with Crippen molar-refractivity contribution in [2.24, 2.45) is 0 Å². The molecule has 0 atom stereocenters. The molecule has 0 saturated heterocycles. The van der Waals surface area contributed by atoms with Crippen LogP contribution in [0.2, 0.25) is 0 Å². The lowest BCUT2D eigenvalue weighted by atomic mass is 10.2. The zero-order valence-corrected chi connectivity index (χ0v) is 13.5. The molecule has 0 aliphatic rings. The van der Waals surface area contributed by atoms with E-state index in [0.29, 0.717) is 23.6 Å². The van der Waals surface area contributed by atoms with E-state index in [1.165, 1.54) is 10.8 Å². The highest BCUT2D eigenvalue weighted by molar-refractivity contribution is 14.1. The standard InChI is InChI=1S/C14H20INO3/c1-18-12-8-11(9-13(10-12)19-2)14(17)16-7-5-3-4-6-15/h8-10H,3-7H2,1-2H3,(H,16,17). The molecule has 1 amide bonds. The van der Waals surface area contributed by atoms with Crippen LogP contribution in [0.5, 0.6) is 11.5 Å². The zero-order chi connectivity index (χ0) is 14.1. The van der Waals surface area contributed by atoms with E-state index >= 15 is 0 Å². The Morgan fingerprint density at radius 3 is 2.26 bits per heavy atom. The summed E-state index contributed by atoms with van der Waals surface area (Å²) in [7, 11) is 3.14. The molecule has 1 aromatic rings. The highest BCUT2D eigenvalue weighted by Crippen LogP contribution is 2.22. The van der Waals surface area contributed by atoms with E-state index in [0.717, 1.165) is 12.8 Å². The fourth-order valence-electron chi connectivity index (χ4n) is 1.64. The number of carbonyl (C=O) groups is 1. The minimum atomic E-state index is -0.0910. The Bertz CT molecular complexity index is 387. The van der Waals surface area contributed by atoms with Gasteiger partial charge in [-0.25, -0.2) is 0 Å². The Balaban J connectivity index is 2.55. The fourth-order valence-corrected chi connectivity index (χ4v) is 2.18. The average Bonchev–Trinajstić information content (AvgIpc) is 2.46. The van der Waals surface area contributed by atoms with Crippen molar-refractivity contribution < 1.29 is 14.3 Å². The third kappa shape index (κ3) is 5.67. The Morgan fingerprint density at radius 2 is 1.74 bits per heavy atom. The topological polar surface area (TPSA) is 47.6 Å². The fraction of sp³-hybridized carbons (Fsp3) is 0.500. The first-order chi connectivity index (χ1) is 9.21. The lowest BCUT2D eigenvalue weighted by Gasteiger charge is -2.09. The van der Waals surface area contributed by atoms with Crippen molar-refractivity contribution in [3.05, 3.63) is 23.8 Å². The summed E-state index contributed by atoms with van der Waals surface area (Å²) in [6, 6.07) is 5.17. The Labute approximate surface area is 128 Å². The second kappa shape index (κ2) is 9.01. The number of benzene rings is 1. The smallest absolute Gasteiger partial charge is 0.251 e. The van der Waals surface area contributed by atoms with Crippen molar-refractivity contribution in [2.45, 2.75) is 19.3 Å². The van der Waals surface area contributed by atoms with E-state index in [9.17, 15) is 4.79 Å². The maximum absolute atomic E-state index is 12.0. The average molecular weight is 377 g/mol. The van der Waals surface area contributed by atoms with Crippen LogP contribution in [0, 0.1) is 0 Å². The largest absolute Gasteiger partial charge is 0.497 e. The first kappa shape index (κ1) is 16.1. The summed E-state index contributed by atoms with van der Waals surface area (Å²) >= 11 is 2.36. The number of hydrogen-bond donors (Lipinski definition) is 1. The van der Waals surface area contributed by atoms with E-state index in [1.807, 2.05) is 0 Å². The minimum absolute atomic E-state index is 0.0910. The molecule has 0 spiro atoms. The molecule has 0 radical (unpaired) electrons. The van der Waals surface area contributed by atoms with Gasteiger partial charge in [0.15, 0.2) is 0 Å². The number of hydrogen-bond acceptors (Lipinski definition) is 3. The van der Waals surface area contributed by atoms with Gasteiger partial charge in [0.05, 0.1) is 14.2 Å². The van der Waals surface area contributed by atoms with Gasteiger partial charge in [-0.15, -0.1) is 0 Å². The quantitative estimate of drug-likeness (QED) is 0.431. The summed E-state index contributed by atoms with van der Waals surface area (Å²) in [5, 5.41) is 2.91. The molecule has 1 rings (SSSR count). The zero-order valence-electron chi connectivity index (χ0n) is 11.4. The maximum Gasteiger partial charge on any atom is 0.251 e. The van der Waals surface area contributed by atoms with Gasteiger partial charge in [-0.2, -0.15) is 0 Å². The number of halogens is 1. The van der Waals surface area contributed by atoms with Crippen molar-refractivity contribution in [1.29, 1.82) is 0 Å². The summed E-state index contributed by atoms with van der Waals surface area (Å²) in [4.78, 5) is 12.0. The number of carbonyl (C=O) groups excluding carboxylic acids is 1. The monoisotopic (exact) mass is 377 g/mol. The minimum Gasteiger partial charge on any atom is -0.497 e. The summed E-state index contributed by atoms with van der Waals surface area (Å²) < 4.78 is 11.5. The van der Waals surface area contributed by atoms with Crippen LogP contribution in [-0.4, -0.2) is 31.1 Å². The molecule has 4 nitrogen and oxygen atoms in total. The van der Waals surface area contributed by atoms with Crippen LogP contribution in [0.3, 0.4) is 0 Å². The molecule has 106 valence electrons. The summed E-state index contributed by atoms with van der Waals surface area (Å²) in [5.74, 6) is 1.15. The SMILES string of the molecule is COc1cc(OC)cc(C(=O)NCCCCCI)c1. The van der Waals surface area contributed by atoms with E-state index in [4.69, 9.17) is 9.47 Å². The highest BCUT2D eigenvalue weighted by Gasteiger charge is 2.09. The van der Waals surface area contributed by atoms with Gasteiger partial charge in [0.2, 0.25) is 0 Å². The molecule has 0 aliphatic heterocycles. The number of rotatable bonds is 8. The van der Waals surface area contributed by atoms with Crippen molar-refractivity contribution in [2.75, 3.05) is 25.2 Å². The molecule has 5 heteroatoms. The number of ether oxygens (including phenoxy) is 2. The number of amides is 1. The Kier molecular flexibility index (Phi) is 7.62. The molecular weight excluding hydrogens is 357 g/mol. The third-order valence-corrected chi connectivity index (χ3v) is 3.47. The first-order valence-corrected chi connectivity index (χ1v) is 7.81. The van der Waals surface area contributed by atoms with Crippen molar-refractivity contribution in [3.8, 4) is 11.5 Å². The first-order valence-electron chi connectivity index (χ1n) is 6.28. The van der Waals surface area contributed by atoms with Gasteiger partial charge in [-0.05, 0) is 29.4 Å². The second-order valence-corrected chi connectivity index (χ2v) is 5.19. The van der Waals surface area contributed by atoms with Gasteiger partial charge in [0.25, 0.3) is 5.91 Å².